The Bertz CT molecular complexity index is 797. The average molecular weight is 339 g/mol. The molecule has 1 N–H and O–H groups in total. The van der Waals surface area contributed by atoms with Crippen molar-refractivity contribution in [2.45, 2.75) is 51.0 Å². The summed E-state index contributed by atoms with van der Waals surface area (Å²) < 4.78 is 3.83. The maximum Gasteiger partial charge on any atom is 0.260 e. The molecule has 2 heterocycles. The summed E-state index contributed by atoms with van der Waals surface area (Å²) in [7, 11) is 1.82. The summed E-state index contributed by atoms with van der Waals surface area (Å²) in [5, 5.41) is 11.9. The van der Waals surface area contributed by atoms with Crippen molar-refractivity contribution < 1.29 is 4.79 Å². The first kappa shape index (κ1) is 15.2. The van der Waals surface area contributed by atoms with Crippen LogP contribution in [0.25, 0.3) is 0 Å². The van der Waals surface area contributed by atoms with Gasteiger partial charge >= 0.3 is 0 Å². The third-order valence-electron chi connectivity index (χ3n) is 6.58. The summed E-state index contributed by atoms with van der Waals surface area (Å²) in [6, 6.07) is 1.93. The maximum absolute atomic E-state index is 12.5. The second kappa shape index (κ2) is 5.19. The van der Waals surface area contributed by atoms with Crippen LogP contribution in [0.1, 0.15) is 54.6 Å². The number of hydrogen-bond acceptors (Lipinski definition) is 3. The van der Waals surface area contributed by atoms with E-state index in [-0.39, 0.29) is 11.4 Å². The molecule has 2 aromatic heterocycles. The summed E-state index contributed by atoms with van der Waals surface area (Å²) in [5.41, 5.74) is 1.54. The first-order valence-electron chi connectivity index (χ1n) is 9.38. The quantitative estimate of drug-likeness (QED) is 0.934. The van der Waals surface area contributed by atoms with Crippen molar-refractivity contribution in [2.24, 2.45) is 24.8 Å². The maximum atomic E-state index is 12.5. The van der Waals surface area contributed by atoms with Gasteiger partial charge in [-0.1, -0.05) is 0 Å². The second-order valence-corrected chi connectivity index (χ2v) is 8.54. The van der Waals surface area contributed by atoms with Crippen LogP contribution in [0.15, 0.2) is 18.5 Å². The topological polar surface area (TPSA) is 64.7 Å². The Labute approximate surface area is 147 Å². The molecule has 132 valence electrons. The lowest BCUT2D eigenvalue weighted by Crippen LogP contribution is -2.52. The largest absolute Gasteiger partial charge is 0.305 e. The Morgan fingerprint density at radius 2 is 1.80 bits per heavy atom. The van der Waals surface area contributed by atoms with Gasteiger partial charge in [-0.15, -0.1) is 0 Å². The second-order valence-electron chi connectivity index (χ2n) is 8.54. The van der Waals surface area contributed by atoms with Gasteiger partial charge < -0.3 is 5.32 Å². The molecule has 4 aliphatic rings. The normalized spacial score (nSPS) is 33.0. The van der Waals surface area contributed by atoms with Gasteiger partial charge in [0.2, 0.25) is 0 Å². The van der Waals surface area contributed by atoms with E-state index in [4.69, 9.17) is 5.10 Å². The highest BCUT2D eigenvalue weighted by Crippen LogP contribution is 2.58. The predicted molar refractivity (Wildman–Crippen MR) is 94.3 cm³/mol. The smallest absolute Gasteiger partial charge is 0.260 e. The van der Waals surface area contributed by atoms with Crippen molar-refractivity contribution in [2.75, 3.05) is 5.32 Å². The number of rotatable bonds is 3. The van der Waals surface area contributed by atoms with Gasteiger partial charge in [-0.25, -0.2) is 0 Å². The first-order chi connectivity index (χ1) is 12.0. The van der Waals surface area contributed by atoms with Gasteiger partial charge in [-0.3, -0.25) is 14.2 Å². The zero-order valence-electron chi connectivity index (χ0n) is 14.9. The van der Waals surface area contributed by atoms with Crippen LogP contribution in [-0.4, -0.2) is 25.5 Å². The molecule has 2 aromatic rings. The summed E-state index contributed by atoms with van der Waals surface area (Å²) in [6.07, 6.45) is 11.9. The van der Waals surface area contributed by atoms with Crippen LogP contribution in [0.3, 0.4) is 0 Å². The van der Waals surface area contributed by atoms with E-state index in [0.717, 1.165) is 23.4 Å². The lowest BCUT2D eigenvalue weighted by molar-refractivity contribution is -0.0492. The monoisotopic (exact) mass is 339 g/mol. The molecule has 0 radical (unpaired) electrons. The van der Waals surface area contributed by atoms with Gasteiger partial charge in [0, 0.05) is 25.5 Å². The molecule has 6 rings (SSSR count). The van der Waals surface area contributed by atoms with Gasteiger partial charge in [-0.05, 0) is 63.2 Å². The van der Waals surface area contributed by atoms with Gasteiger partial charge in [-0.2, -0.15) is 10.2 Å². The minimum atomic E-state index is -0.138. The highest BCUT2D eigenvalue weighted by Gasteiger charge is 2.52. The highest BCUT2D eigenvalue weighted by molar-refractivity contribution is 6.04. The average Bonchev–Trinajstić information content (AvgIpc) is 3.12. The fourth-order valence-electron chi connectivity index (χ4n) is 6.01. The molecule has 0 aliphatic heterocycles. The molecule has 25 heavy (non-hydrogen) atoms. The van der Waals surface area contributed by atoms with E-state index in [1.165, 1.54) is 38.5 Å². The van der Waals surface area contributed by atoms with E-state index in [9.17, 15) is 4.79 Å². The third kappa shape index (κ3) is 2.41. The van der Waals surface area contributed by atoms with Gasteiger partial charge in [0.25, 0.3) is 5.91 Å². The molecule has 6 nitrogen and oxygen atoms in total. The zero-order valence-corrected chi connectivity index (χ0v) is 14.9. The lowest BCUT2D eigenvalue weighted by atomic mass is 9.53. The summed E-state index contributed by atoms with van der Waals surface area (Å²) in [5.74, 6) is 3.15. The van der Waals surface area contributed by atoms with Crippen LogP contribution < -0.4 is 5.32 Å². The van der Waals surface area contributed by atoms with Crippen molar-refractivity contribution in [3.05, 3.63) is 29.7 Å². The highest BCUT2D eigenvalue weighted by atomic mass is 16.1. The van der Waals surface area contributed by atoms with Crippen molar-refractivity contribution in [3.8, 4) is 0 Å². The molecule has 4 saturated carbocycles. The lowest BCUT2D eigenvalue weighted by Gasteiger charge is -2.56. The number of carbonyl (C=O) groups is 1. The summed E-state index contributed by atoms with van der Waals surface area (Å²) >= 11 is 0. The number of anilines is 1. The molecule has 0 saturated heterocycles. The van der Waals surface area contributed by atoms with E-state index in [2.05, 4.69) is 21.3 Å². The van der Waals surface area contributed by atoms with Crippen molar-refractivity contribution in [3.63, 3.8) is 0 Å². The van der Waals surface area contributed by atoms with Crippen LogP contribution in [0.2, 0.25) is 0 Å². The molecule has 4 aliphatic carbocycles. The third-order valence-corrected chi connectivity index (χ3v) is 6.58. The summed E-state index contributed by atoms with van der Waals surface area (Å²) in [4.78, 5) is 12.5. The number of nitrogens with zero attached hydrogens (tertiary/aromatic N) is 4. The van der Waals surface area contributed by atoms with Crippen LogP contribution in [0, 0.1) is 24.7 Å². The molecule has 0 unspecified atom stereocenters. The van der Waals surface area contributed by atoms with E-state index >= 15 is 0 Å². The van der Waals surface area contributed by atoms with Crippen LogP contribution in [0.4, 0.5) is 5.82 Å². The minimum Gasteiger partial charge on any atom is -0.305 e. The molecule has 4 fully saturated rings. The van der Waals surface area contributed by atoms with Gasteiger partial charge in [0.05, 0.1) is 16.8 Å². The molecule has 0 atom stereocenters. The minimum absolute atomic E-state index is 0.138. The molecule has 4 bridgehead atoms. The van der Waals surface area contributed by atoms with E-state index < -0.39 is 0 Å². The van der Waals surface area contributed by atoms with E-state index in [1.54, 1.807) is 10.9 Å². The number of carbonyl (C=O) groups excluding carboxylic acids is 1. The number of amides is 1. The molecule has 0 aromatic carbocycles. The number of hydrogen-bond donors (Lipinski definition) is 1. The van der Waals surface area contributed by atoms with Crippen LogP contribution in [-0.2, 0) is 12.6 Å². The van der Waals surface area contributed by atoms with E-state index in [1.807, 2.05) is 20.0 Å². The first-order valence-corrected chi connectivity index (χ1v) is 9.38. The molecule has 1 amide bonds. The molecule has 0 spiro atoms. The zero-order chi connectivity index (χ0) is 17.2. The molecular weight excluding hydrogens is 314 g/mol. The van der Waals surface area contributed by atoms with Crippen molar-refractivity contribution >= 4 is 11.7 Å². The predicted octanol–water partition coefficient (Wildman–Crippen LogP) is 3.10. The fourth-order valence-corrected chi connectivity index (χ4v) is 6.01. The Morgan fingerprint density at radius 1 is 1.16 bits per heavy atom. The number of aromatic nitrogens is 4. The standard InChI is InChI=1S/C19H25N5O/c1-12-16(11-23(2)21-12)18(25)20-17-3-4-24(22-17)19-8-13-5-14(9-19)7-15(6-13)10-19/h3-4,11,13-15H,5-10H2,1-2H3,(H,20,22,25). The van der Waals surface area contributed by atoms with Gasteiger partial charge in [0.1, 0.15) is 0 Å². The Morgan fingerprint density at radius 3 is 2.36 bits per heavy atom. The fraction of sp³-hybridized carbons (Fsp3) is 0.632. The summed E-state index contributed by atoms with van der Waals surface area (Å²) in [6.45, 7) is 1.85. The van der Waals surface area contributed by atoms with Crippen molar-refractivity contribution in [1.29, 1.82) is 0 Å². The van der Waals surface area contributed by atoms with Gasteiger partial charge in [0.15, 0.2) is 5.82 Å². The molecular formula is C19H25N5O. The van der Waals surface area contributed by atoms with Crippen LogP contribution >= 0.6 is 0 Å². The number of aryl methyl sites for hydroxylation is 2. The Kier molecular flexibility index (Phi) is 3.15. The SMILES string of the molecule is Cc1nn(C)cc1C(=O)Nc1ccn(C23CC4CC(CC(C4)C2)C3)n1. The molecule has 6 heteroatoms. The number of nitrogens with one attached hydrogen (secondary N) is 1. The Hall–Kier alpha value is -2.11. The Balaban J connectivity index is 1.37. The van der Waals surface area contributed by atoms with Crippen LogP contribution in [0.5, 0.6) is 0 Å². The van der Waals surface area contributed by atoms with Crippen molar-refractivity contribution in [1.82, 2.24) is 19.6 Å². The van der Waals surface area contributed by atoms with E-state index in [0.29, 0.717) is 11.4 Å².